The molecule has 2 nitrogen and oxygen atoms in total. The molecular formula is C12H14N2S. The van der Waals surface area contributed by atoms with E-state index >= 15 is 0 Å². The smallest absolute Gasteiger partial charge is 0.0940 e. The summed E-state index contributed by atoms with van der Waals surface area (Å²) >= 11 is 1.67. The van der Waals surface area contributed by atoms with Crippen molar-refractivity contribution in [1.82, 2.24) is 4.98 Å². The van der Waals surface area contributed by atoms with E-state index in [9.17, 15) is 0 Å². The van der Waals surface area contributed by atoms with Crippen LogP contribution in [0.15, 0.2) is 41.9 Å². The molecule has 0 aliphatic heterocycles. The fraction of sp³-hybridized carbons (Fsp3) is 0.250. The van der Waals surface area contributed by atoms with Crippen LogP contribution in [0, 0.1) is 0 Å². The zero-order chi connectivity index (χ0) is 10.5. The summed E-state index contributed by atoms with van der Waals surface area (Å²) in [4.78, 5) is 4.24. The predicted octanol–water partition coefficient (Wildman–Crippen LogP) is 2.26. The first kappa shape index (κ1) is 10.3. The van der Waals surface area contributed by atoms with E-state index in [0.29, 0.717) is 0 Å². The first-order chi connectivity index (χ1) is 7.34. The van der Waals surface area contributed by atoms with Crippen molar-refractivity contribution in [3.8, 4) is 0 Å². The zero-order valence-corrected chi connectivity index (χ0v) is 9.28. The third-order valence-corrected chi connectivity index (χ3v) is 3.06. The van der Waals surface area contributed by atoms with Gasteiger partial charge in [0.1, 0.15) is 0 Å². The van der Waals surface area contributed by atoms with E-state index in [0.717, 1.165) is 17.8 Å². The van der Waals surface area contributed by atoms with Crippen molar-refractivity contribution in [3.05, 3.63) is 52.5 Å². The van der Waals surface area contributed by atoms with Crippen molar-refractivity contribution >= 4 is 11.3 Å². The molecule has 0 fully saturated rings. The molecule has 2 aromatic rings. The minimum atomic E-state index is 0.165. The summed E-state index contributed by atoms with van der Waals surface area (Å²) in [6.07, 6.45) is 3.61. The van der Waals surface area contributed by atoms with E-state index in [1.165, 1.54) is 5.56 Å². The van der Waals surface area contributed by atoms with E-state index in [1.807, 2.05) is 29.8 Å². The lowest BCUT2D eigenvalue weighted by atomic mass is 10.0. The molecule has 0 spiro atoms. The van der Waals surface area contributed by atoms with E-state index < -0.39 is 0 Å². The van der Waals surface area contributed by atoms with Gasteiger partial charge in [-0.1, -0.05) is 30.3 Å². The molecule has 1 unspecified atom stereocenters. The Morgan fingerprint density at radius 1 is 1.20 bits per heavy atom. The largest absolute Gasteiger partial charge is 0.327 e. The topological polar surface area (TPSA) is 38.9 Å². The van der Waals surface area contributed by atoms with Gasteiger partial charge >= 0.3 is 0 Å². The fourth-order valence-electron chi connectivity index (χ4n) is 1.57. The number of thiazole rings is 1. The van der Waals surface area contributed by atoms with Crippen LogP contribution >= 0.6 is 11.3 Å². The average Bonchev–Trinajstić information content (AvgIpc) is 2.71. The molecule has 15 heavy (non-hydrogen) atoms. The SMILES string of the molecule is NC(Cc1ccccc1)Cc1nccs1. The highest BCUT2D eigenvalue weighted by Crippen LogP contribution is 2.09. The Bertz CT molecular complexity index is 383. The molecule has 78 valence electrons. The van der Waals surface area contributed by atoms with Gasteiger partial charge in [-0.2, -0.15) is 0 Å². The highest BCUT2D eigenvalue weighted by atomic mass is 32.1. The Balaban J connectivity index is 1.90. The summed E-state index contributed by atoms with van der Waals surface area (Å²) in [6.45, 7) is 0. The number of hydrogen-bond acceptors (Lipinski definition) is 3. The van der Waals surface area contributed by atoms with Crippen LogP contribution in [0.25, 0.3) is 0 Å². The minimum Gasteiger partial charge on any atom is -0.327 e. The Labute approximate surface area is 93.8 Å². The summed E-state index contributed by atoms with van der Waals surface area (Å²) in [7, 11) is 0. The Kier molecular flexibility index (Phi) is 3.48. The molecule has 2 N–H and O–H groups in total. The predicted molar refractivity (Wildman–Crippen MR) is 63.9 cm³/mol. The van der Waals surface area contributed by atoms with Crippen LogP contribution in [-0.4, -0.2) is 11.0 Å². The molecule has 0 bridgehead atoms. The molecule has 0 radical (unpaired) electrons. The van der Waals surface area contributed by atoms with Crippen molar-refractivity contribution in [2.24, 2.45) is 5.73 Å². The molecule has 0 aliphatic carbocycles. The monoisotopic (exact) mass is 218 g/mol. The highest BCUT2D eigenvalue weighted by molar-refractivity contribution is 7.09. The van der Waals surface area contributed by atoms with Gasteiger partial charge in [-0.15, -0.1) is 11.3 Å². The van der Waals surface area contributed by atoms with Gasteiger partial charge in [0.15, 0.2) is 0 Å². The lowest BCUT2D eigenvalue weighted by Gasteiger charge is -2.09. The lowest BCUT2D eigenvalue weighted by Crippen LogP contribution is -2.25. The van der Waals surface area contributed by atoms with Gasteiger partial charge in [-0.3, -0.25) is 0 Å². The van der Waals surface area contributed by atoms with Crippen molar-refractivity contribution in [3.63, 3.8) is 0 Å². The molecule has 2 rings (SSSR count). The van der Waals surface area contributed by atoms with Gasteiger partial charge in [0.05, 0.1) is 5.01 Å². The van der Waals surface area contributed by atoms with Crippen LogP contribution in [0.5, 0.6) is 0 Å². The summed E-state index contributed by atoms with van der Waals surface area (Å²) in [5.74, 6) is 0. The van der Waals surface area contributed by atoms with Crippen LogP contribution in [0.1, 0.15) is 10.6 Å². The highest BCUT2D eigenvalue weighted by Gasteiger charge is 2.06. The molecular weight excluding hydrogens is 204 g/mol. The van der Waals surface area contributed by atoms with Crippen LogP contribution in [0.3, 0.4) is 0 Å². The molecule has 3 heteroatoms. The first-order valence-corrected chi connectivity index (χ1v) is 5.90. The van der Waals surface area contributed by atoms with Gasteiger partial charge in [0.25, 0.3) is 0 Å². The Morgan fingerprint density at radius 3 is 2.67 bits per heavy atom. The summed E-state index contributed by atoms with van der Waals surface area (Å²) in [5, 5.41) is 3.11. The second-order valence-corrected chi connectivity index (χ2v) is 4.56. The van der Waals surface area contributed by atoms with Crippen molar-refractivity contribution in [2.75, 3.05) is 0 Å². The minimum absolute atomic E-state index is 0.165. The number of nitrogens with zero attached hydrogens (tertiary/aromatic N) is 1. The maximum absolute atomic E-state index is 6.06. The van der Waals surface area contributed by atoms with Gasteiger partial charge < -0.3 is 5.73 Å². The molecule has 1 atom stereocenters. The van der Waals surface area contributed by atoms with Gasteiger partial charge in [0.2, 0.25) is 0 Å². The fourth-order valence-corrected chi connectivity index (χ4v) is 2.28. The molecule has 1 aromatic heterocycles. The molecule has 0 saturated heterocycles. The maximum atomic E-state index is 6.06. The van der Waals surface area contributed by atoms with Gasteiger partial charge in [0, 0.05) is 24.0 Å². The number of aromatic nitrogens is 1. The van der Waals surface area contributed by atoms with E-state index in [4.69, 9.17) is 5.73 Å². The van der Waals surface area contributed by atoms with Crippen molar-refractivity contribution < 1.29 is 0 Å². The van der Waals surface area contributed by atoms with Crippen LogP contribution < -0.4 is 5.73 Å². The summed E-state index contributed by atoms with van der Waals surface area (Å²) < 4.78 is 0. The van der Waals surface area contributed by atoms with E-state index in [1.54, 1.807) is 11.3 Å². The molecule has 1 heterocycles. The molecule has 1 aromatic carbocycles. The van der Waals surface area contributed by atoms with Gasteiger partial charge in [-0.25, -0.2) is 4.98 Å². The Hall–Kier alpha value is -1.19. The maximum Gasteiger partial charge on any atom is 0.0940 e. The van der Waals surface area contributed by atoms with Crippen molar-refractivity contribution in [2.45, 2.75) is 18.9 Å². The Morgan fingerprint density at radius 2 is 2.00 bits per heavy atom. The summed E-state index contributed by atoms with van der Waals surface area (Å²) in [6, 6.07) is 10.5. The second-order valence-electron chi connectivity index (χ2n) is 3.58. The third kappa shape index (κ3) is 3.15. The molecule has 0 saturated carbocycles. The van der Waals surface area contributed by atoms with E-state index in [-0.39, 0.29) is 6.04 Å². The third-order valence-electron chi connectivity index (χ3n) is 2.26. The molecule has 0 aliphatic rings. The zero-order valence-electron chi connectivity index (χ0n) is 8.47. The standard InChI is InChI=1S/C12H14N2S/c13-11(9-12-14-6-7-15-12)8-10-4-2-1-3-5-10/h1-7,11H,8-9,13H2. The van der Waals surface area contributed by atoms with Crippen LogP contribution in [-0.2, 0) is 12.8 Å². The first-order valence-electron chi connectivity index (χ1n) is 5.02. The normalized spacial score (nSPS) is 12.6. The van der Waals surface area contributed by atoms with Gasteiger partial charge in [-0.05, 0) is 12.0 Å². The lowest BCUT2D eigenvalue weighted by molar-refractivity contribution is 0.662. The number of rotatable bonds is 4. The average molecular weight is 218 g/mol. The number of benzene rings is 1. The van der Waals surface area contributed by atoms with Crippen LogP contribution in [0.2, 0.25) is 0 Å². The van der Waals surface area contributed by atoms with Crippen LogP contribution in [0.4, 0.5) is 0 Å². The number of nitrogens with two attached hydrogens (primary N) is 1. The quantitative estimate of drug-likeness (QED) is 0.855. The summed E-state index contributed by atoms with van der Waals surface area (Å²) in [5.41, 5.74) is 7.36. The van der Waals surface area contributed by atoms with Crippen molar-refractivity contribution in [1.29, 1.82) is 0 Å². The second kappa shape index (κ2) is 5.05. The van der Waals surface area contributed by atoms with E-state index in [2.05, 4.69) is 17.1 Å². The molecule has 0 amide bonds. The number of hydrogen-bond donors (Lipinski definition) is 1.